The molecule has 1 aromatic heterocycles. The molecule has 2 atom stereocenters. The van der Waals surface area contributed by atoms with Gasteiger partial charge in [0, 0.05) is 6.42 Å². The van der Waals surface area contributed by atoms with Crippen molar-refractivity contribution in [1.29, 1.82) is 0 Å². The third-order valence-electron chi connectivity index (χ3n) is 3.47. The van der Waals surface area contributed by atoms with E-state index in [4.69, 9.17) is 0 Å². The normalized spacial score (nSPS) is 34.3. The standard InChI is InChI=1S/C11H10O2S/c12-9-4-3-7-6-11(7,9)10(13)8-2-1-5-14-8/h1-2,5,7H,3-4,6H2/t7-,11-/m0/s1. The summed E-state index contributed by atoms with van der Waals surface area (Å²) < 4.78 is 0. The predicted molar refractivity (Wildman–Crippen MR) is 53.4 cm³/mol. The quantitative estimate of drug-likeness (QED) is 0.549. The Balaban J connectivity index is 1.98. The second kappa shape index (κ2) is 2.54. The van der Waals surface area contributed by atoms with E-state index in [9.17, 15) is 9.59 Å². The average molecular weight is 206 g/mol. The van der Waals surface area contributed by atoms with Crippen LogP contribution in [-0.2, 0) is 4.79 Å². The topological polar surface area (TPSA) is 34.1 Å². The highest BCUT2D eigenvalue weighted by Crippen LogP contribution is 2.62. The summed E-state index contributed by atoms with van der Waals surface area (Å²) in [6.07, 6.45) is 2.35. The van der Waals surface area contributed by atoms with Crippen LogP contribution in [-0.4, -0.2) is 11.6 Å². The first-order chi connectivity index (χ1) is 6.75. The maximum absolute atomic E-state index is 12.1. The van der Waals surface area contributed by atoms with E-state index in [2.05, 4.69) is 0 Å². The van der Waals surface area contributed by atoms with Gasteiger partial charge in [0.2, 0.25) is 0 Å². The first-order valence-electron chi connectivity index (χ1n) is 4.87. The van der Waals surface area contributed by atoms with Crippen LogP contribution < -0.4 is 0 Å². The van der Waals surface area contributed by atoms with Crippen LogP contribution in [0.2, 0.25) is 0 Å². The predicted octanol–water partition coefficient (Wildman–Crippen LogP) is 2.30. The van der Waals surface area contributed by atoms with Crippen molar-refractivity contribution >= 4 is 22.9 Å². The highest BCUT2D eigenvalue weighted by Gasteiger charge is 2.67. The summed E-state index contributed by atoms with van der Waals surface area (Å²) in [4.78, 5) is 24.5. The fourth-order valence-electron chi connectivity index (χ4n) is 2.58. The van der Waals surface area contributed by atoms with E-state index in [1.807, 2.05) is 17.5 Å². The monoisotopic (exact) mass is 206 g/mol. The summed E-state index contributed by atoms with van der Waals surface area (Å²) in [5.74, 6) is 0.630. The van der Waals surface area contributed by atoms with Crippen LogP contribution in [0.5, 0.6) is 0 Å². The van der Waals surface area contributed by atoms with E-state index in [1.165, 1.54) is 11.3 Å². The van der Waals surface area contributed by atoms with Crippen molar-refractivity contribution in [2.75, 3.05) is 0 Å². The maximum atomic E-state index is 12.1. The zero-order valence-corrected chi connectivity index (χ0v) is 8.47. The fourth-order valence-corrected chi connectivity index (χ4v) is 3.33. The van der Waals surface area contributed by atoms with Crippen LogP contribution in [0.25, 0.3) is 0 Å². The molecule has 2 nitrogen and oxygen atoms in total. The molecule has 0 aliphatic heterocycles. The van der Waals surface area contributed by atoms with Gasteiger partial charge in [0.05, 0.1) is 10.3 Å². The molecule has 2 fully saturated rings. The number of rotatable bonds is 2. The number of thiophene rings is 1. The van der Waals surface area contributed by atoms with Crippen molar-refractivity contribution in [3.8, 4) is 0 Å². The second-order valence-electron chi connectivity index (χ2n) is 4.14. The molecule has 0 bridgehead atoms. The van der Waals surface area contributed by atoms with E-state index < -0.39 is 5.41 Å². The molecule has 2 saturated carbocycles. The third kappa shape index (κ3) is 0.857. The summed E-state index contributed by atoms with van der Waals surface area (Å²) in [6.45, 7) is 0. The number of Topliss-reactive ketones (excluding diaryl/α,β-unsaturated/α-hetero) is 2. The van der Waals surface area contributed by atoms with Gasteiger partial charge in [-0.05, 0) is 30.2 Å². The van der Waals surface area contributed by atoms with Gasteiger partial charge in [-0.25, -0.2) is 0 Å². The summed E-state index contributed by atoms with van der Waals surface area (Å²) in [7, 11) is 0. The maximum Gasteiger partial charge on any atom is 0.186 e. The van der Waals surface area contributed by atoms with Crippen LogP contribution in [0, 0.1) is 11.3 Å². The molecule has 2 aliphatic carbocycles. The van der Waals surface area contributed by atoms with Gasteiger partial charge < -0.3 is 0 Å². The Hall–Kier alpha value is -0.960. The third-order valence-corrected chi connectivity index (χ3v) is 4.34. The molecule has 72 valence electrons. The molecule has 0 N–H and O–H groups in total. The number of hydrogen-bond acceptors (Lipinski definition) is 3. The summed E-state index contributed by atoms with van der Waals surface area (Å²) in [6, 6.07) is 3.69. The molecule has 14 heavy (non-hydrogen) atoms. The molecule has 2 aliphatic rings. The highest BCUT2D eigenvalue weighted by atomic mass is 32.1. The molecule has 0 amide bonds. The van der Waals surface area contributed by atoms with E-state index in [0.717, 1.165) is 17.7 Å². The summed E-state index contributed by atoms with van der Waals surface area (Å²) >= 11 is 1.44. The number of carbonyl (C=O) groups excluding carboxylic acids is 2. The van der Waals surface area contributed by atoms with Crippen molar-refractivity contribution in [3.05, 3.63) is 22.4 Å². The Labute approximate surface area is 85.9 Å². The van der Waals surface area contributed by atoms with Gasteiger partial charge in [-0.1, -0.05) is 6.07 Å². The van der Waals surface area contributed by atoms with Crippen LogP contribution in [0.3, 0.4) is 0 Å². The minimum Gasteiger partial charge on any atom is -0.299 e. The summed E-state index contributed by atoms with van der Waals surface area (Å²) in [5, 5.41) is 1.89. The number of hydrogen-bond donors (Lipinski definition) is 0. The SMILES string of the molecule is O=C1CC[C@H]2C[C@@]12C(=O)c1cccs1. The van der Waals surface area contributed by atoms with Crippen LogP contribution in [0.4, 0.5) is 0 Å². The molecule has 0 spiro atoms. The Bertz CT molecular complexity index is 407. The molecule has 1 aromatic rings. The minimum absolute atomic E-state index is 0.0833. The first kappa shape index (κ1) is 8.36. The van der Waals surface area contributed by atoms with Crippen molar-refractivity contribution in [1.82, 2.24) is 0 Å². The van der Waals surface area contributed by atoms with Crippen LogP contribution in [0.15, 0.2) is 17.5 Å². The van der Waals surface area contributed by atoms with Gasteiger partial charge in [-0.2, -0.15) is 0 Å². The molecular formula is C11H10O2S. The zero-order valence-electron chi connectivity index (χ0n) is 7.66. The molecule has 1 heterocycles. The fraction of sp³-hybridized carbons (Fsp3) is 0.455. The Morgan fingerprint density at radius 2 is 2.43 bits per heavy atom. The molecule has 0 radical (unpaired) electrons. The molecule has 3 heteroatoms. The number of carbonyl (C=O) groups is 2. The molecular weight excluding hydrogens is 196 g/mol. The first-order valence-corrected chi connectivity index (χ1v) is 5.75. The number of fused-ring (bicyclic) bond motifs is 1. The lowest BCUT2D eigenvalue weighted by atomic mass is 9.95. The van der Waals surface area contributed by atoms with Gasteiger partial charge in [0.25, 0.3) is 0 Å². The zero-order chi connectivity index (χ0) is 9.76. The van der Waals surface area contributed by atoms with Crippen molar-refractivity contribution in [2.24, 2.45) is 11.3 Å². The largest absolute Gasteiger partial charge is 0.299 e. The van der Waals surface area contributed by atoms with Gasteiger partial charge in [-0.3, -0.25) is 9.59 Å². The lowest BCUT2D eigenvalue weighted by molar-refractivity contribution is -0.121. The Morgan fingerprint density at radius 1 is 1.57 bits per heavy atom. The minimum atomic E-state index is -0.565. The van der Waals surface area contributed by atoms with Crippen molar-refractivity contribution < 1.29 is 9.59 Å². The second-order valence-corrected chi connectivity index (χ2v) is 5.09. The van der Waals surface area contributed by atoms with Gasteiger partial charge in [-0.15, -0.1) is 11.3 Å². The van der Waals surface area contributed by atoms with Crippen molar-refractivity contribution in [3.63, 3.8) is 0 Å². The van der Waals surface area contributed by atoms with E-state index >= 15 is 0 Å². The van der Waals surface area contributed by atoms with Gasteiger partial charge >= 0.3 is 0 Å². The van der Waals surface area contributed by atoms with Crippen LogP contribution >= 0.6 is 11.3 Å². The van der Waals surface area contributed by atoms with E-state index in [0.29, 0.717) is 12.3 Å². The lowest BCUT2D eigenvalue weighted by Gasteiger charge is -2.06. The molecule has 0 saturated heterocycles. The average Bonchev–Trinajstić information content (AvgIpc) is 2.60. The highest BCUT2D eigenvalue weighted by molar-refractivity contribution is 7.12. The lowest BCUT2D eigenvalue weighted by Crippen LogP contribution is -2.23. The van der Waals surface area contributed by atoms with E-state index in [1.54, 1.807) is 0 Å². The Morgan fingerprint density at radius 3 is 2.93 bits per heavy atom. The molecule has 0 aromatic carbocycles. The summed E-state index contributed by atoms with van der Waals surface area (Å²) in [5.41, 5.74) is -0.565. The molecule has 0 unspecified atom stereocenters. The van der Waals surface area contributed by atoms with Crippen molar-refractivity contribution in [2.45, 2.75) is 19.3 Å². The Kier molecular flexibility index (Phi) is 1.52. The van der Waals surface area contributed by atoms with Gasteiger partial charge in [0.1, 0.15) is 5.78 Å². The number of ketones is 2. The molecule has 3 rings (SSSR count). The van der Waals surface area contributed by atoms with Crippen LogP contribution in [0.1, 0.15) is 28.9 Å². The smallest absolute Gasteiger partial charge is 0.186 e. The van der Waals surface area contributed by atoms with E-state index in [-0.39, 0.29) is 11.6 Å². The van der Waals surface area contributed by atoms with Gasteiger partial charge in [0.15, 0.2) is 5.78 Å².